The van der Waals surface area contributed by atoms with Crippen molar-refractivity contribution >= 4 is 34.1 Å². The second-order valence-corrected chi connectivity index (χ2v) is 7.63. The number of nitrogens with zero attached hydrogens (tertiary/aromatic N) is 3. The van der Waals surface area contributed by atoms with Crippen molar-refractivity contribution in [1.82, 2.24) is 9.13 Å². The lowest BCUT2D eigenvalue weighted by Crippen LogP contribution is -2.41. The van der Waals surface area contributed by atoms with Gasteiger partial charge in [0.05, 0.1) is 10.9 Å². The molecule has 3 aromatic rings. The van der Waals surface area contributed by atoms with E-state index >= 15 is 0 Å². The van der Waals surface area contributed by atoms with Gasteiger partial charge in [-0.1, -0.05) is 12.1 Å². The fourth-order valence-electron chi connectivity index (χ4n) is 4.09. The number of carbonyl (C=O) groups excluding carboxylic acids is 2. The van der Waals surface area contributed by atoms with Gasteiger partial charge >= 0.3 is 5.69 Å². The van der Waals surface area contributed by atoms with E-state index in [1.54, 1.807) is 42.2 Å². The summed E-state index contributed by atoms with van der Waals surface area (Å²) in [6, 6.07) is 12.2. The lowest BCUT2D eigenvalue weighted by Gasteiger charge is -2.19. The molecular weight excluding hydrogens is 396 g/mol. The summed E-state index contributed by atoms with van der Waals surface area (Å²) >= 11 is 0. The molecule has 1 aromatic heterocycles. The number of fused-ring (bicyclic) bond motifs is 1. The Morgan fingerprint density at radius 3 is 2.52 bits per heavy atom. The monoisotopic (exact) mass is 420 g/mol. The lowest BCUT2D eigenvalue weighted by molar-refractivity contribution is -0.117. The molecule has 8 nitrogen and oxygen atoms in total. The van der Waals surface area contributed by atoms with Crippen molar-refractivity contribution < 1.29 is 9.59 Å². The molecule has 31 heavy (non-hydrogen) atoms. The minimum absolute atomic E-state index is 0.109. The molecule has 1 saturated heterocycles. The molecular formula is C23H24N4O4. The van der Waals surface area contributed by atoms with Crippen LogP contribution in [0.5, 0.6) is 0 Å². The van der Waals surface area contributed by atoms with Gasteiger partial charge in [0.15, 0.2) is 0 Å². The number of carbonyl (C=O) groups is 2. The molecule has 1 aliphatic heterocycles. The summed E-state index contributed by atoms with van der Waals surface area (Å²) in [5.74, 6) is -0.268. The summed E-state index contributed by atoms with van der Waals surface area (Å²) in [6.45, 7) is 4.32. The first kappa shape index (κ1) is 20.6. The first-order valence-corrected chi connectivity index (χ1v) is 10.3. The van der Waals surface area contributed by atoms with Crippen molar-refractivity contribution in [3.63, 3.8) is 0 Å². The molecule has 1 aliphatic rings. The third-order valence-corrected chi connectivity index (χ3v) is 5.59. The number of amides is 2. The van der Waals surface area contributed by atoms with Gasteiger partial charge in [-0.15, -0.1) is 0 Å². The van der Waals surface area contributed by atoms with Crippen molar-refractivity contribution in [1.29, 1.82) is 0 Å². The molecule has 0 unspecified atom stereocenters. The van der Waals surface area contributed by atoms with E-state index in [1.807, 2.05) is 19.1 Å². The third kappa shape index (κ3) is 3.76. The fraction of sp³-hybridized carbons (Fsp3) is 0.304. The van der Waals surface area contributed by atoms with Crippen molar-refractivity contribution in [2.24, 2.45) is 0 Å². The minimum Gasteiger partial charge on any atom is -0.325 e. The van der Waals surface area contributed by atoms with Gasteiger partial charge in [-0.05, 0) is 56.2 Å². The average molecular weight is 420 g/mol. The zero-order valence-electron chi connectivity index (χ0n) is 17.6. The highest BCUT2D eigenvalue weighted by Crippen LogP contribution is 2.27. The SMILES string of the molecule is CCn1c(=O)c2ccccc2n(CC(=O)Nc2ccc(N3CCCC3=O)c(C)c2)c1=O. The molecule has 4 rings (SSSR count). The van der Waals surface area contributed by atoms with E-state index in [-0.39, 0.29) is 30.5 Å². The Bertz CT molecular complexity index is 1310. The minimum atomic E-state index is -0.513. The Labute approximate surface area is 178 Å². The molecule has 160 valence electrons. The molecule has 0 aliphatic carbocycles. The number of hydrogen-bond acceptors (Lipinski definition) is 4. The van der Waals surface area contributed by atoms with E-state index in [1.165, 1.54) is 4.57 Å². The highest BCUT2D eigenvalue weighted by atomic mass is 16.2. The predicted octanol–water partition coefficient (Wildman–Crippen LogP) is 2.26. The summed E-state index contributed by atoms with van der Waals surface area (Å²) in [6.07, 6.45) is 1.40. The van der Waals surface area contributed by atoms with Crippen LogP contribution in [0.15, 0.2) is 52.1 Å². The van der Waals surface area contributed by atoms with Gasteiger partial charge in [-0.3, -0.25) is 23.5 Å². The maximum absolute atomic E-state index is 12.8. The zero-order chi connectivity index (χ0) is 22.1. The number of rotatable bonds is 5. The number of hydrogen-bond donors (Lipinski definition) is 1. The third-order valence-electron chi connectivity index (χ3n) is 5.59. The van der Waals surface area contributed by atoms with Crippen LogP contribution in [0.3, 0.4) is 0 Å². The Morgan fingerprint density at radius 2 is 1.84 bits per heavy atom. The first-order chi connectivity index (χ1) is 14.9. The summed E-state index contributed by atoms with van der Waals surface area (Å²) < 4.78 is 2.45. The average Bonchev–Trinajstić information content (AvgIpc) is 3.17. The van der Waals surface area contributed by atoms with Crippen LogP contribution in [0.25, 0.3) is 10.9 Å². The number of aryl methyl sites for hydroxylation is 1. The van der Waals surface area contributed by atoms with Crippen LogP contribution in [0.1, 0.15) is 25.3 Å². The molecule has 0 atom stereocenters. The highest BCUT2D eigenvalue weighted by Gasteiger charge is 2.23. The molecule has 0 spiro atoms. The smallest absolute Gasteiger partial charge is 0.325 e. The Kier molecular flexibility index (Phi) is 5.46. The van der Waals surface area contributed by atoms with Gasteiger partial charge < -0.3 is 10.2 Å². The van der Waals surface area contributed by atoms with Crippen molar-refractivity contribution in [2.45, 2.75) is 39.8 Å². The lowest BCUT2D eigenvalue weighted by atomic mass is 10.1. The highest BCUT2D eigenvalue weighted by molar-refractivity contribution is 5.97. The van der Waals surface area contributed by atoms with Gasteiger partial charge in [-0.2, -0.15) is 0 Å². The van der Waals surface area contributed by atoms with E-state index < -0.39 is 5.69 Å². The van der Waals surface area contributed by atoms with Crippen LogP contribution in [0.4, 0.5) is 11.4 Å². The van der Waals surface area contributed by atoms with Crippen LogP contribution < -0.4 is 21.5 Å². The van der Waals surface area contributed by atoms with Gasteiger partial charge in [-0.25, -0.2) is 4.79 Å². The Balaban J connectivity index is 1.61. The predicted molar refractivity (Wildman–Crippen MR) is 120 cm³/mol. The molecule has 1 fully saturated rings. The van der Waals surface area contributed by atoms with E-state index in [4.69, 9.17) is 0 Å². The summed E-state index contributed by atoms with van der Waals surface area (Å²) in [5.41, 5.74) is 1.87. The van der Waals surface area contributed by atoms with Crippen LogP contribution in [0, 0.1) is 6.92 Å². The van der Waals surface area contributed by atoms with E-state index in [0.717, 1.165) is 22.2 Å². The maximum atomic E-state index is 12.8. The first-order valence-electron chi connectivity index (χ1n) is 10.3. The van der Waals surface area contributed by atoms with Crippen molar-refractivity contribution in [2.75, 3.05) is 16.8 Å². The summed E-state index contributed by atoms with van der Waals surface area (Å²) in [5, 5.41) is 3.21. The second-order valence-electron chi connectivity index (χ2n) is 7.63. The fourth-order valence-corrected chi connectivity index (χ4v) is 4.09. The topological polar surface area (TPSA) is 93.4 Å². The Hall–Kier alpha value is -3.68. The number of para-hydroxylation sites is 1. The quantitative estimate of drug-likeness (QED) is 0.685. The number of anilines is 2. The van der Waals surface area contributed by atoms with Crippen molar-refractivity contribution in [3.05, 3.63) is 68.9 Å². The van der Waals surface area contributed by atoms with Crippen molar-refractivity contribution in [3.8, 4) is 0 Å². The standard InChI is InChI=1S/C23H24N4O4/c1-3-25-22(30)17-7-4-5-8-19(17)27(23(25)31)14-20(28)24-16-10-11-18(15(2)13-16)26-12-6-9-21(26)29/h4-5,7-8,10-11,13H,3,6,9,12,14H2,1-2H3,(H,24,28). The van der Waals surface area contributed by atoms with E-state index in [0.29, 0.717) is 29.6 Å². The van der Waals surface area contributed by atoms with Crippen LogP contribution in [0.2, 0.25) is 0 Å². The molecule has 2 amide bonds. The molecule has 1 N–H and O–H groups in total. The normalized spacial score (nSPS) is 13.7. The molecule has 0 bridgehead atoms. The number of aromatic nitrogens is 2. The van der Waals surface area contributed by atoms with Gasteiger partial charge in [0.2, 0.25) is 11.8 Å². The zero-order valence-corrected chi connectivity index (χ0v) is 17.6. The van der Waals surface area contributed by atoms with Crippen LogP contribution in [-0.4, -0.2) is 27.5 Å². The molecule has 0 radical (unpaired) electrons. The molecule has 8 heteroatoms. The molecule has 2 aromatic carbocycles. The number of benzene rings is 2. The summed E-state index contributed by atoms with van der Waals surface area (Å²) in [7, 11) is 0. The van der Waals surface area contributed by atoms with Gasteiger partial charge in [0.1, 0.15) is 6.54 Å². The van der Waals surface area contributed by atoms with Gasteiger partial charge in [0.25, 0.3) is 5.56 Å². The van der Waals surface area contributed by atoms with E-state index in [2.05, 4.69) is 5.32 Å². The molecule has 0 saturated carbocycles. The van der Waals surface area contributed by atoms with E-state index in [9.17, 15) is 19.2 Å². The molecule has 2 heterocycles. The largest absolute Gasteiger partial charge is 0.331 e. The van der Waals surface area contributed by atoms with Gasteiger partial charge in [0, 0.05) is 30.9 Å². The Morgan fingerprint density at radius 1 is 1.06 bits per heavy atom. The van der Waals surface area contributed by atoms with Crippen LogP contribution in [-0.2, 0) is 22.7 Å². The van der Waals surface area contributed by atoms with Crippen LogP contribution >= 0.6 is 0 Å². The summed E-state index contributed by atoms with van der Waals surface area (Å²) in [4.78, 5) is 51.9. The maximum Gasteiger partial charge on any atom is 0.331 e. The second kappa shape index (κ2) is 8.22. The number of nitrogens with one attached hydrogen (secondary N) is 1.